The summed E-state index contributed by atoms with van der Waals surface area (Å²) < 4.78 is 27.8. The number of carbonyl (C=O) groups excluding carboxylic acids is 1. The number of aromatic nitrogens is 2. The lowest BCUT2D eigenvalue weighted by molar-refractivity contribution is -0.129. The highest BCUT2D eigenvalue weighted by Crippen LogP contribution is 2.15. The number of hydrogen-bond donors (Lipinski definition) is 2. The molecule has 0 atom stereocenters. The van der Waals surface area contributed by atoms with Crippen molar-refractivity contribution in [2.75, 3.05) is 25.4 Å². The number of nitrogens with zero attached hydrogens (tertiary/aromatic N) is 3. The summed E-state index contributed by atoms with van der Waals surface area (Å²) in [5.41, 5.74) is 5.58. The molecule has 0 aliphatic heterocycles. The van der Waals surface area contributed by atoms with Gasteiger partial charge in [0.25, 0.3) is 0 Å². The molecule has 20 heavy (non-hydrogen) atoms. The largest absolute Gasteiger partial charge is 0.381 e. The van der Waals surface area contributed by atoms with Crippen LogP contribution in [-0.4, -0.2) is 48.6 Å². The van der Waals surface area contributed by atoms with Gasteiger partial charge in [-0.3, -0.25) is 9.48 Å². The second-order valence-electron chi connectivity index (χ2n) is 4.12. The number of carbonyl (C=O) groups is 1. The molecule has 8 nitrogen and oxygen atoms in total. The number of anilines is 1. The van der Waals surface area contributed by atoms with Gasteiger partial charge in [0.05, 0.1) is 6.54 Å². The molecule has 1 aromatic rings. The fourth-order valence-electron chi connectivity index (χ4n) is 1.71. The molecule has 1 rings (SSSR count). The molecule has 0 bridgehead atoms. The maximum atomic E-state index is 12.1. The van der Waals surface area contributed by atoms with Crippen molar-refractivity contribution in [3.8, 4) is 0 Å². The quantitative estimate of drug-likeness (QED) is 0.714. The van der Waals surface area contributed by atoms with Crippen molar-refractivity contribution in [1.29, 1.82) is 0 Å². The summed E-state index contributed by atoms with van der Waals surface area (Å²) in [6.45, 7) is 6.78. The van der Waals surface area contributed by atoms with E-state index in [0.717, 1.165) is 0 Å². The second-order valence-corrected chi connectivity index (χ2v) is 5.86. The maximum Gasteiger partial charge on any atom is 0.246 e. The molecule has 0 aliphatic rings. The van der Waals surface area contributed by atoms with Crippen LogP contribution < -0.4 is 10.5 Å². The lowest BCUT2D eigenvalue weighted by Crippen LogP contribution is -2.40. The summed E-state index contributed by atoms with van der Waals surface area (Å²) in [5, 5.41) is 3.87. The topological polar surface area (TPSA) is 110 Å². The van der Waals surface area contributed by atoms with Gasteiger partial charge in [-0.1, -0.05) is 0 Å². The number of nitrogen functional groups attached to an aromatic ring is 1. The Morgan fingerprint density at radius 3 is 2.45 bits per heavy atom. The van der Waals surface area contributed by atoms with Gasteiger partial charge in [0.2, 0.25) is 15.9 Å². The minimum absolute atomic E-state index is 0.0744. The molecule has 0 saturated heterocycles. The van der Waals surface area contributed by atoms with Gasteiger partial charge in [0.1, 0.15) is 4.90 Å². The fourth-order valence-corrected chi connectivity index (χ4v) is 2.76. The van der Waals surface area contributed by atoms with E-state index in [4.69, 9.17) is 5.73 Å². The summed E-state index contributed by atoms with van der Waals surface area (Å²) in [7, 11) is -3.83. The van der Waals surface area contributed by atoms with Crippen LogP contribution in [0.5, 0.6) is 0 Å². The van der Waals surface area contributed by atoms with E-state index in [-0.39, 0.29) is 23.2 Å². The first-order valence-electron chi connectivity index (χ1n) is 6.46. The lowest BCUT2D eigenvalue weighted by Gasteiger charge is -2.18. The molecule has 1 heterocycles. The predicted molar refractivity (Wildman–Crippen MR) is 75.4 cm³/mol. The number of hydrogen-bond acceptors (Lipinski definition) is 5. The van der Waals surface area contributed by atoms with Gasteiger partial charge >= 0.3 is 0 Å². The molecule has 0 aliphatic carbocycles. The van der Waals surface area contributed by atoms with Crippen molar-refractivity contribution in [3.05, 3.63) is 6.20 Å². The van der Waals surface area contributed by atoms with Crippen LogP contribution in [0.15, 0.2) is 11.1 Å². The zero-order valence-corrected chi connectivity index (χ0v) is 12.8. The molecule has 0 fully saturated rings. The normalized spacial score (nSPS) is 11.6. The van der Waals surface area contributed by atoms with E-state index in [9.17, 15) is 13.2 Å². The number of likely N-dealkylation sites (N-methyl/N-ethyl adjacent to an activating group) is 1. The molecular formula is C11H21N5O3S. The Hall–Kier alpha value is -1.61. The molecule has 3 N–H and O–H groups in total. The van der Waals surface area contributed by atoms with Crippen molar-refractivity contribution in [2.24, 2.45) is 0 Å². The van der Waals surface area contributed by atoms with Gasteiger partial charge in [0.15, 0.2) is 5.82 Å². The van der Waals surface area contributed by atoms with Gasteiger partial charge < -0.3 is 10.6 Å². The predicted octanol–water partition coefficient (Wildman–Crippen LogP) is -0.368. The molecule has 1 amide bonds. The third-order valence-corrected chi connectivity index (χ3v) is 4.32. The van der Waals surface area contributed by atoms with E-state index in [1.54, 1.807) is 4.90 Å². The Balaban J connectivity index is 2.80. The second kappa shape index (κ2) is 6.71. The monoisotopic (exact) mass is 303 g/mol. The highest BCUT2D eigenvalue weighted by Gasteiger charge is 2.22. The minimum atomic E-state index is -3.83. The Kier molecular flexibility index (Phi) is 5.52. The number of rotatable bonds is 7. The SMILES string of the molecule is CCN(CC)C(=O)CNS(=O)(=O)c1cn(CC)nc1N. The zero-order valence-electron chi connectivity index (χ0n) is 12.0. The molecule has 0 aromatic carbocycles. The number of sulfonamides is 1. The summed E-state index contributed by atoms with van der Waals surface area (Å²) in [5.74, 6) is -0.352. The van der Waals surface area contributed by atoms with Crippen LogP contribution in [0.2, 0.25) is 0 Å². The molecule has 0 radical (unpaired) electrons. The van der Waals surface area contributed by atoms with E-state index < -0.39 is 10.0 Å². The molecular weight excluding hydrogens is 282 g/mol. The Morgan fingerprint density at radius 2 is 2.00 bits per heavy atom. The van der Waals surface area contributed by atoms with Gasteiger partial charge in [-0.2, -0.15) is 5.10 Å². The van der Waals surface area contributed by atoms with Crippen molar-refractivity contribution in [2.45, 2.75) is 32.2 Å². The summed E-state index contributed by atoms with van der Waals surface area (Å²) in [6.07, 6.45) is 1.35. The number of amides is 1. The number of nitrogens with two attached hydrogens (primary N) is 1. The average Bonchev–Trinajstić information content (AvgIpc) is 2.80. The van der Waals surface area contributed by atoms with E-state index in [1.807, 2.05) is 20.8 Å². The average molecular weight is 303 g/mol. The Labute approximate surface area is 119 Å². The van der Waals surface area contributed by atoms with Crippen molar-refractivity contribution in [1.82, 2.24) is 19.4 Å². The summed E-state index contributed by atoms with van der Waals surface area (Å²) >= 11 is 0. The van der Waals surface area contributed by atoms with E-state index >= 15 is 0 Å². The third-order valence-electron chi connectivity index (χ3n) is 2.90. The van der Waals surface area contributed by atoms with Gasteiger partial charge in [-0.05, 0) is 20.8 Å². The summed E-state index contributed by atoms with van der Waals surface area (Å²) in [4.78, 5) is 13.2. The molecule has 0 saturated carbocycles. The van der Waals surface area contributed by atoms with E-state index in [1.165, 1.54) is 10.9 Å². The van der Waals surface area contributed by atoms with Crippen LogP contribution in [0.3, 0.4) is 0 Å². The van der Waals surface area contributed by atoms with Crippen LogP contribution >= 0.6 is 0 Å². The molecule has 1 aromatic heterocycles. The van der Waals surface area contributed by atoms with E-state index in [0.29, 0.717) is 19.6 Å². The third kappa shape index (κ3) is 3.70. The summed E-state index contributed by atoms with van der Waals surface area (Å²) in [6, 6.07) is 0. The van der Waals surface area contributed by atoms with Gasteiger partial charge in [-0.25, -0.2) is 13.1 Å². The Morgan fingerprint density at radius 1 is 1.40 bits per heavy atom. The van der Waals surface area contributed by atoms with Gasteiger partial charge in [-0.15, -0.1) is 0 Å². The standard InChI is InChI=1S/C11H21N5O3S/c1-4-15(5-2)10(17)7-13-20(18,19)9-8-16(6-3)14-11(9)12/h8,13H,4-7H2,1-3H3,(H2,12,14). The van der Waals surface area contributed by atoms with Crippen LogP contribution in [-0.2, 0) is 21.4 Å². The van der Waals surface area contributed by atoms with Crippen molar-refractivity contribution in [3.63, 3.8) is 0 Å². The number of aryl methyl sites for hydroxylation is 1. The molecule has 0 spiro atoms. The number of nitrogens with one attached hydrogen (secondary N) is 1. The van der Waals surface area contributed by atoms with Crippen molar-refractivity contribution < 1.29 is 13.2 Å². The van der Waals surface area contributed by atoms with Crippen molar-refractivity contribution >= 4 is 21.7 Å². The smallest absolute Gasteiger partial charge is 0.246 e. The van der Waals surface area contributed by atoms with Crippen LogP contribution in [0.1, 0.15) is 20.8 Å². The van der Waals surface area contributed by atoms with Gasteiger partial charge in [0, 0.05) is 25.8 Å². The maximum absolute atomic E-state index is 12.1. The molecule has 9 heteroatoms. The van der Waals surface area contributed by atoms with E-state index in [2.05, 4.69) is 9.82 Å². The minimum Gasteiger partial charge on any atom is -0.381 e. The highest BCUT2D eigenvalue weighted by molar-refractivity contribution is 7.89. The molecule has 114 valence electrons. The first-order valence-corrected chi connectivity index (χ1v) is 7.94. The highest BCUT2D eigenvalue weighted by atomic mass is 32.2. The zero-order chi connectivity index (χ0) is 15.3. The fraction of sp³-hybridized carbons (Fsp3) is 0.636. The van der Waals surface area contributed by atoms with Crippen LogP contribution in [0.4, 0.5) is 5.82 Å². The molecule has 0 unspecified atom stereocenters. The Bertz CT molecular complexity index is 563. The van der Waals surface area contributed by atoms with Crippen LogP contribution in [0.25, 0.3) is 0 Å². The lowest BCUT2D eigenvalue weighted by atomic mass is 10.4. The first kappa shape index (κ1) is 16.4. The first-order chi connectivity index (χ1) is 9.35. The van der Waals surface area contributed by atoms with Crippen LogP contribution in [0, 0.1) is 0 Å².